The Balaban J connectivity index is 2.14. The van der Waals surface area contributed by atoms with Crippen LogP contribution in [0.15, 0.2) is 18.2 Å². The number of benzene rings is 1. The summed E-state index contributed by atoms with van der Waals surface area (Å²) in [6.45, 7) is 2.40. The van der Waals surface area contributed by atoms with E-state index in [9.17, 15) is 5.11 Å². The highest BCUT2D eigenvalue weighted by Gasteiger charge is 2.18. The molecule has 0 radical (unpaired) electrons. The fourth-order valence-electron chi connectivity index (χ4n) is 2.39. The van der Waals surface area contributed by atoms with Gasteiger partial charge in [-0.1, -0.05) is 0 Å². The van der Waals surface area contributed by atoms with E-state index >= 15 is 0 Å². The average Bonchev–Trinajstić information content (AvgIpc) is 2.38. The van der Waals surface area contributed by atoms with Gasteiger partial charge in [-0.2, -0.15) is 5.26 Å². The van der Waals surface area contributed by atoms with Crippen LogP contribution >= 0.6 is 0 Å². The van der Waals surface area contributed by atoms with Crippen molar-refractivity contribution >= 4 is 0 Å². The summed E-state index contributed by atoms with van der Waals surface area (Å²) in [5.74, 6) is 0.800. The van der Waals surface area contributed by atoms with Gasteiger partial charge in [-0.05, 0) is 37.6 Å². The Morgan fingerprint density at radius 1 is 1.56 bits per heavy atom. The molecule has 1 aromatic carbocycles. The Morgan fingerprint density at radius 2 is 2.39 bits per heavy atom. The normalized spacial score (nSPS) is 20.4. The van der Waals surface area contributed by atoms with E-state index in [1.165, 1.54) is 0 Å². The minimum absolute atomic E-state index is 0.233. The van der Waals surface area contributed by atoms with E-state index in [2.05, 4.69) is 11.0 Å². The molecule has 1 fully saturated rings. The van der Waals surface area contributed by atoms with Crippen LogP contribution in [-0.4, -0.2) is 36.3 Å². The van der Waals surface area contributed by atoms with Gasteiger partial charge in [0.15, 0.2) is 0 Å². The van der Waals surface area contributed by atoms with Gasteiger partial charge in [0.25, 0.3) is 0 Å². The summed E-state index contributed by atoms with van der Waals surface area (Å²) < 4.78 is 5.31. The molecule has 1 atom stereocenters. The minimum Gasteiger partial charge on any atom is -0.496 e. The number of ether oxygens (including phenoxy) is 1. The van der Waals surface area contributed by atoms with Crippen molar-refractivity contribution < 1.29 is 9.84 Å². The minimum atomic E-state index is -0.233. The van der Waals surface area contributed by atoms with Gasteiger partial charge < -0.3 is 9.84 Å². The van der Waals surface area contributed by atoms with Crippen LogP contribution in [0, 0.1) is 11.3 Å². The number of piperidine rings is 1. The lowest BCUT2D eigenvalue weighted by Crippen LogP contribution is -2.37. The smallest absolute Gasteiger partial charge is 0.123 e. The van der Waals surface area contributed by atoms with E-state index in [1.54, 1.807) is 13.2 Å². The molecular weight excluding hydrogens is 228 g/mol. The zero-order chi connectivity index (χ0) is 13.0. The van der Waals surface area contributed by atoms with Crippen LogP contribution in [0.1, 0.15) is 24.0 Å². The number of likely N-dealkylation sites (tertiary alicyclic amines) is 1. The molecule has 1 aromatic rings. The van der Waals surface area contributed by atoms with Crippen molar-refractivity contribution in [3.8, 4) is 11.8 Å². The number of aliphatic hydroxyl groups is 1. The molecule has 18 heavy (non-hydrogen) atoms. The third-order valence-electron chi connectivity index (χ3n) is 3.28. The molecule has 0 spiro atoms. The first-order chi connectivity index (χ1) is 8.72. The highest BCUT2D eigenvalue weighted by atomic mass is 16.5. The number of rotatable bonds is 3. The molecular formula is C14H18N2O2. The molecule has 0 amide bonds. The van der Waals surface area contributed by atoms with Crippen molar-refractivity contribution in [2.45, 2.75) is 25.5 Å². The monoisotopic (exact) mass is 246 g/mol. The molecule has 0 bridgehead atoms. The van der Waals surface area contributed by atoms with Crippen molar-refractivity contribution in [1.29, 1.82) is 5.26 Å². The van der Waals surface area contributed by atoms with Gasteiger partial charge in [0.2, 0.25) is 0 Å². The zero-order valence-electron chi connectivity index (χ0n) is 10.6. The Labute approximate surface area is 107 Å². The van der Waals surface area contributed by atoms with Crippen LogP contribution in [0.5, 0.6) is 5.75 Å². The van der Waals surface area contributed by atoms with E-state index in [1.807, 2.05) is 12.1 Å². The van der Waals surface area contributed by atoms with E-state index in [4.69, 9.17) is 10.00 Å². The summed E-state index contributed by atoms with van der Waals surface area (Å²) in [6.07, 6.45) is 1.66. The first-order valence-electron chi connectivity index (χ1n) is 6.20. The molecule has 1 unspecified atom stereocenters. The first kappa shape index (κ1) is 12.9. The quantitative estimate of drug-likeness (QED) is 0.878. The summed E-state index contributed by atoms with van der Waals surface area (Å²) in [4.78, 5) is 2.20. The number of hydrogen-bond acceptors (Lipinski definition) is 4. The molecule has 1 N–H and O–H groups in total. The first-order valence-corrected chi connectivity index (χ1v) is 6.20. The van der Waals surface area contributed by atoms with E-state index < -0.39 is 0 Å². The van der Waals surface area contributed by atoms with Gasteiger partial charge in [-0.3, -0.25) is 4.90 Å². The van der Waals surface area contributed by atoms with E-state index in [0.29, 0.717) is 12.1 Å². The lowest BCUT2D eigenvalue weighted by atomic mass is 10.1. The number of β-amino-alcohol motifs (C(OH)–C–C–N with tert-alkyl or cyclic N) is 1. The topological polar surface area (TPSA) is 56.5 Å². The van der Waals surface area contributed by atoms with E-state index in [0.717, 1.165) is 37.2 Å². The Hall–Kier alpha value is -1.57. The maximum absolute atomic E-state index is 9.66. The summed E-state index contributed by atoms with van der Waals surface area (Å²) in [5, 5.41) is 18.6. The van der Waals surface area contributed by atoms with Crippen molar-refractivity contribution in [3.63, 3.8) is 0 Å². The summed E-state index contributed by atoms with van der Waals surface area (Å²) in [6, 6.07) is 7.59. The Kier molecular flexibility index (Phi) is 4.19. The molecule has 2 rings (SSSR count). The number of aliphatic hydroxyl groups excluding tert-OH is 1. The summed E-state index contributed by atoms with van der Waals surface area (Å²) in [7, 11) is 1.63. The van der Waals surface area contributed by atoms with Crippen molar-refractivity contribution in [3.05, 3.63) is 29.3 Å². The number of nitriles is 1. The molecule has 1 saturated heterocycles. The average molecular weight is 246 g/mol. The lowest BCUT2D eigenvalue weighted by molar-refractivity contribution is 0.0664. The summed E-state index contributed by atoms with van der Waals surface area (Å²) in [5.41, 5.74) is 1.65. The predicted molar refractivity (Wildman–Crippen MR) is 68.2 cm³/mol. The van der Waals surface area contributed by atoms with Crippen molar-refractivity contribution in [1.82, 2.24) is 4.90 Å². The Bertz CT molecular complexity index is 454. The second-order valence-corrected chi connectivity index (χ2v) is 4.67. The van der Waals surface area contributed by atoms with E-state index in [-0.39, 0.29) is 6.10 Å². The van der Waals surface area contributed by atoms with Crippen LogP contribution in [0.4, 0.5) is 0 Å². The molecule has 0 aromatic heterocycles. The van der Waals surface area contributed by atoms with Crippen LogP contribution in [0.25, 0.3) is 0 Å². The SMILES string of the molecule is COc1ccc(C#N)cc1CN1CCCC(O)C1. The number of hydrogen-bond donors (Lipinski definition) is 1. The number of nitrogens with zero attached hydrogens (tertiary/aromatic N) is 2. The molecule has 1 aliphatic rings. The maximum Gasteiger partial charge on any atom is 0.123 e. The van der Waals surface area contributed by atoms with Crippen molar-refractivity contribution in [2.24, 2.45) is 0 Å². The third-order valence-corrected chi connectivity index (χ3v) is 3.28. The fraction of sp³-hybridized carbons (Fsp3) is 0.500. The Morgan fingerprint density at radius 3 is 3.06 bits per heavy atom. The van der Waals surface area contributed by atoms with Gasteiger partial charge in [-0.25, -0.2) is 0 Å². The van der Waals surface area contributed by atoms with Crippen LogP contribution in [-0.2, 0) is 6.54 Å². The number of methoxy groups -OCH3 is 1. The van der Waals surface area contributed by atoms with Crippen LogP contribution in [0.3, 0.4) is 0 Å². The zero-order valence-corrected chi connectivity index (χ0v) is 10.6. The van der Waals surface area contributed by atoms with Crippen LogP contribution < -0.4 is 4.74 Å². The highest BCUT2D eigenvalue weighted by Crippen LogP contribution is 2.23. The maximum atomic E-state index is 9.66. The van der Waals surface area contributed by atoms with Crippen LogP contribution in [0.2, 0.25) is 0 Å². The summed E-state index contributed by atoms with van der Waals surface area (Å²) >= 11 is 0. The second-order valence-electron chi connectivity index (χ2n) is 4.67. The largest absolute Gasteiger partial charge is 0.496 e. The van der Waals surface area contributed by atoms with Gasteiger partial charge in [0, 0.05) is 18.7 Å². The lowest BCUT2D eigenvalue weighted by Gasteiger charge is -2.30. The van der Waals surface area contributed by atoms with Gasteiger partial charge in [-0.15, -0.1) is 0 Å². The molecule has 0 saturated carbocycles. The molecule has 4 heteroatoms. The standard InChI is InChI=1S/C14H18N2O2/c1-18-14-5-4-11(8-15)7-12(14)9-16-6-2-3-13(17)10-16/h4-5,7,13,17H,2-3,6,9-10H2,1H3. The van der Waals surface area contributed by atoms with Gasteiger partial charge in [0.1, 0.15) is 5.75 Å². The third kappa shape index (κ3) is 3.00. The molecule has 0 aliphatic carbocycles. The van der Waals surface area contributed by atoms with Gasteiger partial charge >= 0.3 is 0 Å². The second kappa shape index (κ2) is 5.85. The van der Waals surface area contributed by atoms with Gasteiger partial charge in [0.05, 0.1) is 24.8 Å². The van der Waals surface area contributed by atoms with Crippen molar-refractivity contribution in [2.75, 3.05) is 20.2 Å². The molecule has 1 heterocycles. The molecule has 1 aliphatic heterocycles. The fourth-order valence-corrected chi connectivity index (χ4v) is 2.39. The highest BCUT2D eigenvalue weighted by molar-refractivity contribution is 5.42. The molecule has 96 valence electrons. The predicted octanol–water partition coefficient (Wildman–Crippen LogP) is 1.52. The molecule has 4 nitrogen and oxygen atoms in total.